The molecule has 0 aliphatic carbocycles. The number of carbonyl (C=O) groups is 1. The van der Waals surface area contributed by atoms with Crippen LogP contribution in [0.25, 0.3) is 11.0 Å². The molecular weight excluding hydrogens is 328 g/mol. The Bertz CT molecular complexity index is 915. The SMILES string of the molecule is Cl.Cn1c(=O)n(C)c2cc(CCNC(=O)c3cccnc3)ccc21. The molecule has 6 nitrogen and oxygen atoms in total. The van der Waals surface area contributed by atoms with Crippen LogP contribution in [-0.2, 0) is 20.5 Å². The van der Waals surface area contributed by atoms with Crippen LogP contribution in [0.4, 0.5) is 0 Å². The molecule has 24 heavy (non-hydrogen) atoms. The number of hydrogen-bond acceptors (Lipinski definition) is 3. The number of rotatable bonds is 4. The molecule has 1 N–H and O–H groups in total. The second kappa shape index (κ2) is 7.31. The summed E-state index contributed by atoms with van der Waals surface area (Å²) in [4.78, 5) is 27.8. The molecule has 2 heterocycles. The van der Waals surface area contributed by atoms with E-state index in [0.717, 1.165) is 16.6 Å². The van der Waals surface area contributed by atoms with E-state index in [1.54, 1.807) is 47.8 Å². The van der Waals surface area contributed by atoms with E-state index in [4.69, 9.17) is 0 Å². The van der Waals surface area contributed by atoms with Gasteiger partial charge in [-0.1, -0.05) is 6.07 Å². The molecule has 0 aliphatic rings. The molecule has 0 saturated heterocycles. The number of pyridine rings is 1. The normalized spacial score (nSPS) is 10.4. The van der Waals surface area contributed by atoms with E-state index in [2.05, 4.69) is 10.3 Å². The number of hydrogen-bond donors (Lipinski definition) is 1. The van der Waals surface area contributed by atoms with Gasteiger partial charge in [0.2, 0.25) is 0 Å². The summed E-state index contributed by atoms with van der Waals surface area (Å²) in [6.07, 6.45) is 3.88. The highest BCUT2D eigenvalue weighted by Gasteiger charge is 2.08. The predicted molar refractivity (Wildman–Crippen MR) is 95.7 cm³/mol. The Hall–Kier alpha value is -2.60. The van der Waals surface area contributed by atoms with Crippen molar-refractivity contribution in [2.45, 2.75) is 6.42 Å². The molecule has 0 atom stereocenters. The Morgan fingerprint density at radius 1 is 1.17 bits per heavy atom. The molecule has 0 fully saturated rings. The summed E-state index contributed by atoms with van der Waals surface area (Å²) in [5.74, 6) is -0.133. The van der Waals surface area contributed by atoms with Gasteiger partial charge in [-0.2, -0.15) is 0 Å². The number of fused-ring (bicyclic) bond motifs is 1. The van der Waals surface area contributed by atoms with Gasteiger partial charge in [0.15, 0.2) is 0 Å². The lowest BCUT2D eigenvalue weighted by Crippen LogP contribution is -2.25. The number of aryl methyl sites for hydroxylation is 2. The third-order valence-corrected chi connectivity index (χ3v) is 3.96. The summed E-state index contributed by atoms with van der Waals surface area (Å²) in [5.41, 5.74) is 3.38. The molecule has 0 saturated carbocycles. The molecule has 0 bridgehead atoms. The third-order valence-electron chi connectivity index (χ3n) is 3.96. The van der Waals surface area contributed by atoms with Crippen molar-refractivity contribution < 1.29 is 4.79 Å². The Morgan fingerprint density at radius 3 is 2.62 bits per heavy atom. The molecule has 0 unspecified atom stereocenters. The fourth-order valence-corrected chi connectivity index (χ4v) is 2.63. The van der Waals surface area contributed by atoms with Gasteiger partial charge in [-0.05, 0) is 36.2 Å². The van der Waals surface area contributed by atoms with E-state index < -0.39 is 0 Å². The third kappa shape index (κ3) is 3.33. The van der Waals surface area contributed by atoms with Crippen LogP contribution < -0.4 is 11.0 Å². The first-order valence-electron chi connectivity index (χ1n) is 7.40. The second-order valence-corrected chi connectivity index (χ2v) is 5.47. The number of amides is 1. The Morgan fingerprint density at radius 2 is 1.92 bits per heavy atom. The minimum atomic E-state index is -0.133. The lowest BCUT2D eigenvalue weighted by atomic mass is 10.1. The highest BCUT2D eigenvalue weighted by atomic mass is 35.5. The maximum Gasteiger partial charge on any atom is 0.328 e. The maximum absolute atomic E-state index is 11.9. The van der Waals surface area contributed by atoms with Crippen molar-refractivity contribution in [3.8, 4) is 0 Å². The van der Waals surface area contributed by atoms with Crippen molar-refractivity contribution in [3.05, 3.63) is 64.3 Å². The van der Waals surface area contributed by atoms with E-state index >= 15 is 0 Å². The van der Waals surface area contributed by atoms with Gasteiger partial charge in [0.1, 0.15) is 0 Å². The van der Waals surface area contributed by atoms with Crippen molar-refractivity contribution in [3.63, 3.8) is 0 Å². The zero-order valence-electron chi connectivity index (χ0n) is 13.5. The van der Waals surface area contributed by atoms with Crippen LogP contribution in [0, 0.1) is 0 Å². The zero-order chi connectivity index (χ0) is 16.4. The van der Waals surface area contributed by atoms with Gasteiger partial charge in [-0.3, -0.25) is 18.9 Å². The minimum absolute atomic E-state index is 0. The molecule has 3 rings (SSSR count). The van der Waals surface area contributed by atoms with Crippen LogP contribution in [0.1, 0.15) is 15.9 Å². The highest BCUT2D eigenvalue weighted by molar-refractivity contribution is 5.93. The van der Waals surface area contributed by atoms with Crippen LogP contribution in [-0.4, -0.2) is 26.6 Å². The van der Waals surface area contributed by atoms with E-state index in [0.29, 0.717) is 18.5 Å². The first-order valence-corrected chi connectivity index (χ1v) is 7.40. The molecule has 0 spiro atoms. The van der Waals surface area contributed by atoms with E-state index in [9.17, 15) is 9.59 Å². The van der Waals surface area contributed by atoms with Crippen LogP contribution in [0.2, 0.25) is 0 Å². The summed E-state index contributed by atoms with van der Waals surface area (Å²) in [7, 11) is 3.52. The predicted octanol–water partition coefficient (Wildman–Crippen LogP) is 1.67. The average Bonchev–Trinajstić information content (AvgIpc) is 2.80. The van der Waals surface area contributed by atoms with Gasteiger partial charge in [-0.15, -0.1) is 12.4 Å². The lowest BCUT2D eigenvalue weighted by Gasteiger charge is -2.06. The molecule has 1 aromatic carbocycles. The van der Waals surface area contributed by atoms with Gasteiger partial charge in [0, 0.05) is 33.0 Å². The average molecular weight is 347 g/mol. The molecule has 126 valence electrons. The van der Waals surface area contributed by atoms with Crippen LogP contribution in [0.5, 0.6) is 0 Å². The quantitative estimate of drug-likeness (QED) is 0.781. The standard InChI is InChI=1S/C17H18N4O2.ClH/c1-20-14-6-5-12(10-15(14)21(2)17(20)23)7-9-19-16(22)13-4-3-8-18-11-13;/h3-6,8,10-11H,7,9H2,1-2H3,(H,19,22);1H. The van der Waals surface area contributed by atoms with Crippen LogP contribution in [0.15, 0.2) is 47.5 Å². The minimum Gasteiger partial charge on any atom is -0.352 e. The Kier molecular flexibility index (Phi) is 5.41. The number of benzene rings is 1. The van der Waals surface area contributed by atoms with Gasteiger partial charge in [0.25, 0.3) is 5.91 Å². The van der Waals surface area contributed by atoms with Gasteiger partial charge < -0.3 is 5.32 Å². The first-order chi connectivity index (χ1) is 11.1. The fraction of sp³-hybridized carbons (Fsp3) is 0.235. The first kappa shape index (κ1) is 17.7. The van der Waals surface area contributed by atoms with Gasteiger partial charge >= 0.3 is 5.69 Å². The van der Waals surface area contributed by atoms with Crippen molar-refractivity contribution >= 4 is 29.3 Å². The summed E-state index contributed by atoms with van der Waals surface area (Å²) >= 11 is 0. The van der Waals surface area contributed by atoms with E-state index in [1.807, 2.05) is 18.2 Å². The number of aromatic nitrogens is 3. The number of carbonyl (C=O) groups excluding carboxylic acids is 1. The van der Waals surface area contributed by atoms with Gasteiger partial charge in [0.05, 0.1) is 16.6 Å². The smallest absolute Gasteiger partial charge is 0.328 e. The van der Waals surface area contributed by atoms with E-state index in [-0.39, 0.29) is 24.0 Å². The number of halogens is 1. The van der Waals surface area contributed by atoms with Crippen molar-refractivity contribution in [1.29, 1.82) is 0 Å². The van der Waals surface area contributed by atoms with Gasteiger partial charge in [-0.25, -0.2) is 4.79 Å². The molecule has 0 radical (unpaired) electrons. The number of nitrogens with zero attached hydrogens (tertiary/aromatic N) is 3. The second-order valence-electron chi connectivity index (χ2n) is 5.47. The number of imidazole rings is 1. The van der Waals surface area contributed by atoms with E-state index in [1.165, 1.54) is 0 Å². The summed E-state index contributed by atoms with van der Waals surface area (Å²) in [6.45, 7) is 0.528. The summed E-state index contributed by atoms with van der Waals surface area (Å²) in [6, 6.07) is 9.38. The van der Waals surface area contributed by atoms with Crippen LogP contribution in [0.3, 0.4) is 0 Å². The summed E-state index contributed by atoms with van der Waals surface area (Å²) < 4.78 is 3.26. The lowest BCUT2D eigenvalue weighted by molar-refractivity contribution is 0.0954. The molecule has 3 aromatic rings. The molecule has 7 heteroatoms. The Balaban J connectivity index is 0.00000208. The molecule has 1 amide bonds. The summed E-state index contributed by atoms with van der Waals surface area (Å²) in [5, 5.41) is 2.87. The fourth-order valence-electron chi connectivity index (χ4n) is 2.63. The van der Waals surface area contributed by atoms with Crippen molar-refractivity contribution in [1.82, 2.24) is 19.4 Å². The molecular formula is C17H19ClN4O2. The monoisotopic (exact) mass is 346 g/mol. The largest absolute Gasteiger partial charge is 0.352 e. The zero-order valence-corrected chi connectivity index (χ0v) is 14.3. The topological polar surface area (TPSA) is 68.9 Å². The van der Waals surface area contributed by atoms with Crippen molar-refractivity contribution in [2.24, 2.45) is 14.1 Å². The maximum atomic E-state index is 11.9. The Labute approximate surface area is 145 Å². The molecule has 2 aromatic heterocycles. The highest BCUT2D eigenvalue weighted by Crippen LogP contribution is 2.14. The van der Waals surface area contributed by atoms with Crippen molar-refractivity contribution in [2.75, 3.05) is 6.54 Å². The molecule has 0 aliphatic heterocycles. The van der Waals surface area contributed by atoms with Crippen LogP contribution >= 0.6 is 12.4 Å². The number of nitrogens with one attached hydrogen (secondary N) is 1.